The minimum Gasteiger partial charge on any atom is -0.303 e. The molecule has 0 saturated carbocycles. The predicted molar refractivity (Wildman–Crippen MR) is 69.8 cm³/mol. The summed E-state index contributed by atoms with van der Waals surface area (Å²) < 4.78 is 0. The molecular formula is C14H28N2. The summed E-state index contributed by atoms with van der Waals surface area (Å²) in [6, 6.07) is 0.915. The zero-order valence-corrected chi connectivity index (χ0v) is 11.0. The third-order valence-electron chi connectivity index (χ3n) is 4.29. The maximum Gasteiger partial charge on any atom is 0.0120 e. The SMILES string of the molecule is CCCCN1CCC(N2CCCCC2)CC1. The zero-order chi connectivity index (χ0) is 11.2. The van der Waals surface area contributed by atoms with Crippen LogP contribution in [0.2, 0.25) is 0 Å². The van der Waals surface area contributed by atoms with Crippen molar-refractivity contribution in [3.05, 3.63) is 0 Å². The maximum atomic E-state index is 2.76. The summed E-state index contributed by atoms with van der Waals surface area (Å²) in [5.41, 5.74) is 0. The molecule has 0 radical (unpaired) electrons. The monoisotopic (exact) mass is 224 g/mol. The Bertz CT molecular complexity index is 179. The van der Waals surface area contributed by atoms with Crippen molar-refractivity contribution in [3.63, 3.8) is 0 Å². The van der Waals surface area contributed by atoms with E-state index in [1.165, 1.54) is 77.7 Å². The fraction of sp³-hybridized carbons (Fsp3) is 1.00. The van der Waals surface area contributed by atoms with Crippen LogP contribution in [0.5, 0.6) is 0 Å². The Hall–Kier alpha value is -0.0800. The van der Waals surface area contributed by atoms with Gasteiger partial charge in [0.15, 0.2) is 0 Å². The van der Waals surface area contributed by atoms with Gasteiger partial charge >= 0.3 is 0 Å². The second-order valence-electron chi connectivity index (χ2n) is 5.52. The van der Waals surface area contributed by atoms with Crippen LogP contribution in [-0.2, 0) is 0 Å². The van der Waals surface area contributed by atoms with Gasteiger partial charge in [-0.05, 0) is 64.8 Å². The summed E-state index contributed by atoms with van der Waals surface area (Å²) in [5.74, 6) is 0. The van der Waals surface area contributed by atoms with Crippen LogP contribution in [0.4, 0.5) is 0 Å². The van der Waals surface area contributed by atoms with Gasteiger partial charge in [0.2, 0.25) is 0 Å². The highest BCUT2D eigenvalue weighted by molar-refractivity contribution is 4.81. The lowest BCUT2D eigenvalue weighted by molar-refractivity contribution is 0.0920. The van der Waals surface area contributed by atoms with E-state index in [1.807, 2.05) is 0 Å². The molecule has 2 nitrogen and oxygen atoms in total. The Labute approximate surface area is 101 Å². The number of hydrogen-bond acceptors (Lipinski definition) is 2. The Morgan fingerprint density at radius 1 is 0.938 bits per heavy atom. The van der Waals surface area contributed by atoms with Gasteiger partial charge in [0.05, 0.1) is 0 Å². The average molecular weight is 224 g/mol. The van der Waals surface area contributed by atoms with Crippen LogP contribution >= 0.6 is 0 Å². The van der Waals surface area contributed by atoms with Gasteiger partial charge in [-0.2, -0.15) is 0 Å². The third-order valence-corrected chi connectivity index (χ3v) is 4.29. The quantitative estimate of drug-likeness (QED) is 0.724. The molecule has 0 atom stereocenters. The molecule has 0 bridgehead atoms. The van der Waals surface area contributed by atoms with E-state index in [9.17, 15) is 0 Å². The number of rotatable bonds is 4. The lowest BCUT2D eigenvalue weighted by Crippen LogP contribution is -2.46. The number of likely N-dealkylation sites (tertiary alicyclic amines) is 2. The smallest absolute Gasteiger partial charge is 0.0120 e. The Morgan fingerprint density at radius 2 is 1.62 bits per heavy atom. The van der Waals surface area contributed by atoms with E-state index < -0.39 is 0 Å². The summed E-state index contributed by atoms with van der Waals surface area (Å²) in [6.45, 7) is 9.07. The molecule has 0 spiro atoms. The number of nitrogens with zero attached hydrogens (tertiary/aromatic N) is 2. The highest BCUT2D eigenvalue weighted by Gasteiger charge is 2.24. The minimum atomic E-state index is 0.915. The second-order valence-corrected chi connectivity index (χ2v) is 5.52. The van der Waals surface area contributed by atoms with Gasteiger partial charge in [0.1, 0.15) is 0 Å². The molecule has 16 heavy (non-hydrogen) atoms. The van der Waals surface area contributed by atoms with Crippen molar-refractivity contribution in [3.8, 4) is 0 Å². The topological polar surface area (TPSA) is 6.48 Å². The van der Waals surface area contributed by atoms with Gasteiger partial charge in [-0.3, -0.25) is 0 Å². The summed E-state index contributed by atoms with van der Waals surface area (Å²) in [5, 5.41) is 0. The lowest BCUT2D eigenvalue weighted by atomic mass is 10.00. The molecule has 2 heteroatoms. The number of piperidine rings is 2. The first-order valence-electron chi connectivity index (χ1n) is 7.36. The van der Waals surface area contributed by atoms with Gasteiger partial charge < -0.3 is 9.80 Å². The average Bonchev–Trinajstić information content (AvgIpc) is 2.38. The van der Waals surface area contributed by atoms with Crippen LogP contribution < -0.4 is 0 Å². The first-order chi connectivity index (χ1) is 7.90. The molecule has 2 aliphatic heterocycles. The standard InChI is InChI=1S/C14H28N2/c1-2-3-9-15-12-7-14(8-13-15)16-10-5-4-6-11-16/h14H,2-13H2,1H3. The molecule has 2 aliphatic rings. The molecule has 2 saturated heterocycles. The van der Waals surface area contributed by atoms with Crippen molar-refractivity contribution >= 4 is 0 Å². The summed E-state index contributed by atoms with van der Waals surface area (Å²) in [4.78, 5) is 5.44. The van der Waals surface area contributed by atoms with Gasteiger partial charge in [-0.25, -0.2) is 0 Å². The van der Waals surface area contributed by atoms with E-state index in [2.05, 4.69) is 16.7 Å². The van der Waals surface area contributed by atoms with E-state index in [4.69, 9.17) is 0 Å². The van der Waals surface area contributed by atoms with Crippen LogP contribution in [-0.4, -0.2) is 48.6 Å². The lowest BCUT2D eigenvalue weighted by Gasteiger charge is -2.40. The first kappa shape index (κ1) is 12.4. The maximum absolute atomic E-state index is 2.76. The predicted octanol–water partition coefficient (Wildman–Crippen LogP) is 2.74. The summed E-state index contributed by atoms with van der Waals surface area (Å²) in [7, 11) is 0. The highest BCUT2D eigenvalue weighted by Crippen LogP contribution is 2.20. The van der Waals surface area contributed by atoms with Gasteiger partial charge in [-0.1, -0.05) is 19.8 Å². The van der Waals surface area contributed by atoms with Gasteiger partial charge in [0.25, 0.3) is 0 Å². The molecule has 2 heterocycles. The number of unbranched alkanes of at least 4 members (excludes halogenated alkanes) is 1. The van der Waals surface area contributed by atoms with E-state index in [0.29, 0.717) is 0 Å². The fourth-order valence-electron chi connectivity index (χ4n) is 3.17. The summed E-state index contributed by atoms with van der Waals surface area (Å²) in [6.07, 6.45) is 9.91. The van der Waals surface area contributed by atoms with E-state index in [1.54, 1.807) is 0 Å². The largest absolute Gasteiger partial charge is 0.303 e. The summed E-state index contributed by atoms with van der Waals surface area (Å²) >= 11 is 0. The van der Waals surface area contributed by atoms with Crippen molar-refractivity contribution in [1.82, 2.24) is 9.80 Å². The minimum absolute atomic E-state index is 0.915. The van der Waals surface area contributed by atoms with Crippen LogP contribution in [0.25, 0.3) is 0 Å². The molecule has 0 aliphatic carbocycles. The molecule has 2 rings (SSSR count). The van der Waals surface area contributed by atoms with E-state index in [-0.39, 0.29) is 0 Å². The van der Waals surface area contributed by atoms with Crippen molar-refractivity contribution in [2.45, 2.75) is 57.9 Å². The zero-order valence-electron chi connectivity index (χ0n) is 11.0. The fourth-order valence-corrected chi connectivity index (χ4v) is 3.17. The van der Waals surface area contributed by atoms with Crippen molar-refractivity contribution in [2.24, 2.45) is 0 Å². The third kappa shape index (κ3) is 3.46. The Balaban J connectivity index is 1.67. The Kier molecular flexibility index (Phi) is 5.11. The van der Waals surface area contributed by atoms with Gasteiger partial charge in [-0.15, -0.1) is 0 Å². The highest BCUT2D eigenvalue weighted by atomic mass is 15.2. The van der Waals surface area contributed by atoms with Crippen molar-refractivity contribution < 1.29 is 0 Å². The molecule has 0 amide bonds. The molecule has 0 aromatic heterocycles. The molecule has 0 aromatic carbocycles. The van der Waals surface area contributed by atoms with Crippen LogP contribution in [0, 0.1) is 0 Å². The van der Waals surface area contributed by atoms with Crippen LogP contribution in [0.15, 0.2) is 0 Å². The molecule has 0 unspecified atom stereocenters. The van der Waals surface area contributed by atoms with Crippen LogP contribution in [0.3, 0.4) is 0 Å². The second kappa shape index (κ2) is 6.61. The molecular weight excluding hydrogens is 196 g/mol. The molecule has 94 valence electrons. The van der Waals surface area contributed by atoms with E-state index >= 15 is 0 Å². The normalized spacial score (nSPS) is 26.1. The number of hydrogen-bond donors (Lipinski definition) is 0. The van der Waals surface area contributed by atoms with E-state index in [0.717, 1.165) is 6.04 Å². The molecule has 2 fully saturated rings. The van der Waals surface area contributed by atoms with Crippen molar-refractivity contribution in [1.29, 1.82) is 0 Å². The van der Waals surface area contributed by atoms with Crippen molar-refractivity contribution in [2.75, 3.05) is 32.7 Å². The molecule has 0 N–H and O–H groups in total. The molecule has 0 aromatic rings. The van der Waals surface area contributed by atoms with Crippen LogP contribution in [0.1, 0.15) is 51.9 Å². The first-order valence-corrected chi connectivity index (χ1v) is 7.36. The Morgan fingerprint density at radius 3 is 2.25 bits per heavy atom. The van der Waals surface area contributed by atoms with Gasteiger partial charge in [0, 0.05) is 6.04 Å².